The van der Waals surface area contributed by atoms with Crippen LogP contribution in [0, 0.1) is 0 Å². The van der Waals surface area contributed by atoms with Crippen LogP contribution in [0.5, 0.6) is 0 Å². The Hall–Kier alpha value is -1.04. The highest BCUT2D eigenvalue weighted by Gasteiger charge is 2.35. The number of carbonyl (C=O) groups excluding carboxylic acids is 1. The molecule has 0 saturated heterocycles. The Bertz CT molecular complexity index is 455. The molecule has 6 heteroatoms. The molecule has 1 aromatic carbocycles. The minimum Gasteiger partial charge on any atom is -0.346 e. The van der Waals surface area contributed by atoms with Crippen molar-refractivity contribution in [2.75, 3.05) is 5.33 Å². The molecule has 0 aliphatic heterocycles. The normalized spacial score (nSPS) is 14.8. The van der Waals surface area contributed by atoms with E-state index >= 15 is 0 Å². The summed E-state index contributed by atoms with van der Waals surface area (Å²) in [4.78, 5) is 12.0. The Kier molecular flexibility index (Phi) is 5.01. The van der Waals surface area contributed by atoms with Gasteiger partial charge in [0.1, 0.15) is 0 Å². The summed E-state index contributed by atoms with van der Waals surface area (Å²) >= 11 is 3.25. The molecule has 0 bridgehead atoms. The van der Waals surface area contributed by atoms with Crippen molar-refractivity contribution >= 4 is 21.8 Å². The van der Waals surface area contributed by atoms with E-state index in [0.717, 1.165) is 6.07 Å². The van der Waals surface area contributed by atoms with E-state index in [1.54, 1.807) is 6.92 Å². The van der Waals surface area contributed by atoms with Gasteiger partial charge in [0.2, 0.25) is 0 Å². The SMILES string of the molecule is CCC(C)(CBr)NC(=O)c1ccccc1C(F)(F)F. The van der Waals surface area contributed by atoms with E-state index in [2.05, 4.69) is 21.2 Å². The van der Waals surface area contributed by atoms with E-state index in [1.165, 1.54) is 18.2 Å². The summed E-state index contributed by atoms with van der Waals surface area (Å²) in [5.41, 5.74) is -1.84. The van der Waals surface area contributed by atoms with Gasteiger partial charge in [0.25, 0.3) is 5.91 Å². The van der Waals surface area contributed by atoms with E-state index in [4.69, 9.17) is 0 Å². The maximum absolute atomic E-state index is 12.8. The standard InChI is InChI=1S/C13H15BrF3NO/c1-3-12(2,8-14)18-11(19)9-6-4-5-7-10(9)13(15,16)17/h4-7H,3,8H2,1-2H3,(H,18,19). The van der Waals surface area contributed by atoms with Crippen LogP contribution >= 0.6 is 15.9 Å². The molecule has 1 atom stereocenters. The summed E-state index contributed by atoms with van der Waals surface area (Å²) in [5, 5.41) is 3.10. The summed E-state index contributed by atoms with van der Waals surface area (Å²) in [6, 6.07) is 4.78. The molecule has 0 aliphatic rings. The molecular weight excluding hydrogens is 323 g/mol. The first-order chi connectivity index (χ1) is 8.73. The molecule has 1 aromatic rings. The van der Waals surface area contributed by atoms with Gasteiger partial charge in [-0.15, -0.1) is 0 Å². The van der Waals surface area contributed by atoms with E-state index < -0.39 is 23.2 Å². The molecule has 0 heterocycles. The lowest BCUT2D eigenvalue weighted by atomic mass is 10.00. The Morgan fingerprint density at radius 2 is 1.89 bits per heavy atom. The zero-order valence-corrected chi connectivity index (χ0v) is 12.2. The molecule has 1 amide bonds. The average Bonchev–Trinajstić information content (AvgIpc) is 2.37. The predicted molar refractivity (Wildman–Crippen MR) is 71.4 cm³/mol. The Morgan fingerprint density at radius 3 is 2.37 bits per heavy atom. The molecular formula is C13H15BrF3NO. The molecule has 1 unspecified atom stereocenters. The van der Waals surface area contributed by atoms with Crippen LogP contribution in [-0.4, -0.2) is 16.8 Å². The van der Waals surface area contributed by atoms with Crippen molar-refractivity contribution in [2.45, 2.75) is 32.0 Å². The third-order valence-electron chi connectivity index (χ3n) is 2.97. The van der Waals surface area contributed by atoms with Gasteiger partial charge in [-0.25, -0.2) is 0 Å². The number of hydrogen-bond acceptors (Lipinski definition) is 1. The largest absolute Gasteiger partial charge is 0.417 e. The highest BCUT2D eigenvalue weighted by molar-refractivity contribution is 9.09. The number of rotatable bonds is 4. The van der Waals surface area contributed by atoms with Crippen LogP contribution in [0.15, 0.2) is 24.3 Å². The highest BCUT2D eigenvalue weighted by atomic mass is 79.9. The van der Waals surface area contributed by atoms with Crippen LogP contribution in [0.2, 0.25) is 0 Å². The van der Waals surface area contributed by atoms with Gasteiger partial charge in [-0.3, -0.25) is 4.79 Å². The summed E-state index contributed by atoms with van der Waals surface area (Å²) in [6.07, 6.45) is -3.93. The first-order valence-electron chi connectivity index (χ1n) is 5.78. The summed E-state index contributed by atoms with van der Waals surface area (Å²) in [7, 11) is 0. The number of hydrogen-bond donors (Lipinski definition) is 1. The maximum atomic E-state index is 12.8. The maximum Gasteiger partial charge on any atom is 0.417 e. The van der Waals surface area contributed by atoms with Crippen LogP contribution in [0.1, 0.15) is 36.2 Å². The fraction of sp³-hybridized carbons (Fsp3) is 0.462. The Morgan fingerprint density at radius 1 is 1.32 bits per heavy atom. The van der Waals surface area contributed by atoms with Crippen molar-refractivity contribution in [3.63, 3.8) is 0 Å². The minimum absolute atomic E-state index is 0.351. The van der Waals surface area contributed by atoms with Crippen molar-refractivity contribution in [2.24, 2.45) is 0 Å². The molecule has 0 aliphatic carbocycles. The summed E-state index contributed by atoms with van der Waals surface area (Å²) in [5.74, 6) is -0.711. The van der Waals surface area contributed by atoms with E-state index in [1.807, 2.05) is 6.92 Å². The fourth-order valence-electron chi connectivity index (χ4n) is 1.49. The van der Waals surface area contributed by atoms with Crippen LogP contribution in [0.4, 0.5) is 13.2 Å². The molecule has 0 saturated carbocycles. The predicted octanol–water partition coefficient (Wildman–Crippen LogP) is 4.00. The van der Waals surface area contributed by atoms with Gasteiger partial charge < -0.3 is 5.32 Å². The highest BCUT2D eigenvalue weighted by Crippen LogP contribution is 2.32. The summed E-state index contributed by atoms with van der Waals surface area (Å²) < 4.78 is 38.4. The molecule has 1 N–H and O–H groups in total. The van der Waals surface area contributed by atoms with Crippen molar-refractivity contribution in [3.8, 4) is 0 Å². The lowest BCUT2D eigenvalue weighted by Crippen LogP contribution is -2.47. The molecule has 1 rings (SSSR count). The number of halogens is 4. The number of nitrogens with one attached hydrogen (secondary N) is 1. The molecule has 0 spiro atoms. The van der Waals surface area contributed by atoms with E-state index in [0.29, 0.717) is 11.8 Å². The molecule has 19 heavy (non-hydrogen) atoms. The third kappa shape index (κ3) is 3.96. The molecule has 0 radical (unpaired) electrons. The van der Waals surface area contributed by atoms with Crippen molar-refractivity contribution < 1.29 is 18.0 Å². The Balaban J connectivity index is 3.08. The van der Waals surface area contributed by atoms with Crippen molar-refractivity contribution in [3.05, 3.63) is 35.4 Å². The minimum atomic E-state index is -4.54. The second kappa shape index (κ2) is 5.94. The number of amides is 1. The van der Waals surface area contributed by atoms with Gasteiger partial charge in [0, 0.05) is 10.9 Å². The quantitative estimate of drug-likeness (QED) is 0.826. The third-order valence-corrected chi connectivity index (χ3v) is 4.21. The number of alkyl halides is 4. The van der Waals surface area contributed by atoms with Crippen molar-refractivity contribution in [1.29, 1.82) is 0 Å². The lowest BCUT2D eigenvalue weighted by Gasteiger charge is -2.28. The van der Waals surface area contributed by atoms with Gasteiger partial charge in [-0.2, -0.15) is 13.2 Å². The first kappa shape index (κ1) is 16.0. The van der Waals surface area contributed by atoms with E-state index in [9.17, 15) is 18.0 Å². The molecule has 106 valence electrons. The van der Waals surface area contributed by atoms with Crippen molar-refractivity contribution in [1.82, 2.24) is 5.32 Å². The van der Waals surface area contributed by atoms with Gasteiger partial charge in [-0.05, 0) is 25.5 Å². The van der Waals surface area contributed by atoms with Crippen LogP contribution in [-0.2, 0) is 6.18 Å². The average molecular weight is 338 g/mol. The second-order valence-electron chi connectivity index (χ2n) is 4.55. The zero-order chi connectivity index (χ0) is 14.7. The number of carbonyl (C=O) groups is 1. The van der Waals surface area contributed by atoms with Crippen LogP contribution < -0.4 is 5.32 Å². The fourth-order valence-corrected chi connectivity index (χ4v) is 2.02. The first-order valence-corrected chi connectivity index (χ1v) is 6.90. The van der Waals surface area contributed by atoms with Gasteiger partial charge in [0.05, 0.1) is 11.1 Å². The topological polar surface area (TPSA) is 29.1 Å². The van der Waals surface area contributed by atoms with Gasteiger partial charge in [-0.1, -0.05) is 35.0 Å². The molecule has 2 nitrogen and oxygen atoms in total. The molecule has 0 aromatic heterocycles. The smallest absolute Gasteiger partial charge is 0.346 e. The zero-order valence-electron chi connectivity index (χ0n) is 10.6. The second-order valence-corrected chi connectivity index (χ2v) is 5.11. The monoisotopic (exact) mass is 337 g/mol. The van der Waals surface area contributed by atoms with Crippen LogP contribution in [0.3, 0.4) is 0 Å². The van der Waals surface area contributed by atoms with Crippen LogP contribution in [0.25, 0.3) is 0 Å². The summed E-state index contributed by atoms with van der Waals surface area (Å²) in [6.45, 7) is 3.63. The Labute approximate surface area is 118 Å². The van der Waals surface area contributed by atoms with E-state index in [-0.39, 0.29) is 5.56 Å². The van der Waals surface area contributed by atoms with Gasteiger partial charge >= 0.3 is 6.18 Å². The van der Waals surface area contributed by atoms with Gasteiger partial charge in [0.15, 0.2) is 0 Å². The molecule has 0 fully saturated rings. The number of benzene rings is 1. The lowest BCUT2D eigenvalue weighted by molar-refractivity contribution is -0.137.